The first-order chi connectivity index (χ1) is 24.1. The van der Waals surface area contributed by atoms with Crippen molar-refractivity contribution >= 4 is 5.97 Å². The summed E-state index contributed by atoms with van der Waals surface area (Å²) in [6, 6.07) is 0. The first-order valence-corrected chi connectivity index (χ1v) is 19.9. The fourth-order valence-electron chi connectivity index (χ4n) is 8.61. The molecule has 0 aliphatic rings. The topological polar surface area (TPSA) is 105 Å². The number of aromatic hydroxyl groups is 2. The molecule has 0 unspecified atom stereocenters. The normalized spacial score (nSPS) is 13.8. The lowest BCUT2D eigenvalue weighted by Crippen LogP contribution is -2.46. The van der Waals surface area contributed by atoms with E-state index in [9.17, 15) is 10.2 Å². The van der Waals surface area contributed by atoms with Crippen molar-refractivity contribution in [3.8, 4) is 11.5 Å². The molecule has 0 aromatic heterocycles. The van der Waals surface area contributed by atoms with E-state index in [0.717, 1.165) is 55.6 Å². The van der Waals surface area contributed by atoms with Crippen molar-refractivity contribution in [3.05, 3.63) is 55.6 Å². The van der Waals surface area contributed by atoms with Crippen LogP contribution >= 0.6 is 0 Å². The molecule has 0 radical (unpaired) electrons. The van der Waals surface area contributed by atoms with Crippen molar-refractivity contribution in [1.82, 2.24) is 0 Å². The van der Waals surface area contributed by atoms with E-state index in [1.54, 1.807) is 0 Å². The number of carbonyl (C=O) groups excluding carboxylic acids is 1. The fraction of sp³-hybridized carbons (Fsp3) is 0.723. The van der Waals surface area contributed by atoms with E-state index in [4.69, 9.17) is 19.3 Å². The Balaban J connectivity index is 3.57. The van der Waals surface area contributed by atoms with E-state index in [1.807, 2.05) is 20.8 Å². The molecule has 0 saturated heterocycles. The number of aliphatic hydroxyl groups is 1. The van der Waals surface area contributed by atoms with Gasteiger partial charge in [0.1, 0.15) is 23.5 Å². The number of phenols is 2. The summed E-state index contributed by atoms with van der Waals surface area (Å²) in [4.78, 5) is 15.8. The Morgan fingerprint density at radius 3 is 0.981 bits per heavy atom. The second-order valence-electron chi connectivity index (χ2n) is 21.7. The molecule has 0 atom stereocenters. The summed E-state index contributed by atoms with van der Waals surface area (Å²) >= 11 is 0. The van der Waals surface area contributed by atoms with Gasteiger partial charge in [-0.25, -0.2) is 0 Å². The summed E-state index contributed by atoms with van der Waals surface area (Å²) in [6.07, 6.45) is 0. The molecule has 54 heavy (non-hydrogen) atoms. The minimum atomic E-state index is -1.43. The molecular weight excluding hydrogens is 677 g/mol. The predicted molar refractivity (Wildman–Crippen MR) is 224 cm³/mol. The van der Waals surface area contributed by atoms with E-state index in [0.29, 0.717) is 13.2 Å². The number of hydrogen-bond acceptors (Lipinski definition) is 7. The number of aliphatic hydroxyl groups excluding tert-OH is 1. The van der Waals surface area contributed by atoms with Crippen LogP contribution in [0.15, 0.2) is 0 Å². The average molecular weight is 755 g/mol. The summed E-state index contributed by atoms with van der Waals surface area (Å²) in [7, 11) is 0. The van der Waals surface area contributed by atoms with Gasteiger partial charge in [-0.1, -0.05) is 125 Å². The lowest BCUT2D eigenvalue weighted by molar-refractivity contribution is -0.150. The van der Waals surface area contributed by atoms with E-state index >= 15 is 4.79 Å². The van der Waals surface area contributed by atoms with Crippen molar-refractivity contribution in [2.75, 3.05) is 39.6 Å². The monoisotopic (exact) mass is 755 g/mol. The molecule has 0 bridgehead atoms. The van der Waals surface area contributed by atoms with Crippen molar-refractivity contribution in [3.63, 3.8) is 0 Å². The molecule has 2 aromatic rings. The first kappa shape index (κ1) is 47.5. The van der Waals surface area contributed by atoms with Crippen LogP contribution < -0.4 is 0 Å². The van der Waals surface area contributed by atoms with Crippen molar-refractivity contribution in [1.29, 1.82) is 0 Å². The Hall–Kier alpha value is -2.61. The van der Waals surface area contributed by atoms with Gasteiger partial charge < -0.3 is 29.5 Å². The molecule has 0 saturated carbocycles. The molecule has 0 heterocycles. The number of esters is 1. The van der Waals surface area contributed by atoms with Gasteiger partial charge in [0.15, 0.2) is 0 Å². The van der Waals surface area contributed by atoms with Crippen LogP contribution in [0.5, 0.6) is 11.5 Å². The largest absolute Gasteiger partial charge is 0.507 e. The Labute approximate surface area is 329 Å². The van der Waals surface area contributed by atoms with Crippen LogP contribution in [0.4, 0.5) is 0 Å². The maximum atomic E-state index is 15.8. The molecule has 0 amide bonds. The maximum absolute atomic E-state index is 15.8. The van der Waals surface area contributed by atoms with Gasteiger partial charge in [0.2, 0.25) is 0 Å². The summed E-state index contributed by atoms with van der Waals surface area (Å²) in [5.41, 5.74) is 4.09. The summed E-state index contributed by atoms with van der Waals surface area (Å²) < 4.78 is 17.6. The number of benzene rings is 2. The highest BCUT2D eigenvalue weighted by Crippen LogP contribution is 2.58. The lowest BCUT2D eigenvalue weighted by atomic mass is 9.56. The maximum Gasteiger partial charge on any atom is 0.320 e. The zero-order valence-electron chi connectivity index (χ0n) is 38.2. The van der Waals surface area contributed by atoms with Gasteiger partial charge in [-0.3, -0.25) is 4.79 Å². The third-order valence-electron chi connectivity index (χ3n) is 10.4. The zero-order chi connectivity index (χ0) is 42.4. The fourth-order valence-corrected chi connectivity index (χ4v) is 8.61. The van der Waals surface area contributed by atoms with Gasteiger partial charge in [0.05, 0.1) is 33.0 Å². The molecule has 0 aliphatic heterocycles. The van der Waals surface area contributed by atoms with Gasteiger partial charge in [-0.2, -0.15) is 0 Å². The highest BCUT2D eigenvalue weighted by Gasteiger charge is 2.53. The molecule has 7 nitrogen and oxygen atoms in total. The predicted octanol–water partition coefficient (Wildman–Crippen LogP) is 10.4. The molecular formula is C47H78O7. The number of hydrogen-bond donors (Lipinski definition) is 3. The summed E-state index contributed by atoms with van der Waals surface area (Å²) in [6.45, 7) is 45.6. The van der Waals surface area contributed by atoms with E-state index < -0.39 is 43.9 Å². The molecule has 2 aromatic carbocycles. The summed E-state index contributed by atoms with van der Waals surface area (Å²) in [5, 5.41) is 33.7. The SMILES string of the molecule is Cc1c(O)c(C(C)(C)C)c(C(C)(C)C)c(C(C)(C(=O)OCCOCCOCCO)c2c(C(C)(C)C)c(C)c(O)c(C(C)(C)C)c2C(C)(C)C)c1C(C)(C)C. The van der Waals surface area contributed by atoms with Crippen LogP contribution in [0.2, 0.25) is 0 Å². The van der Waals surface area contributed by atoms with Crippen molar-refractivity contribution < 1.29 is 34.3 Å². The Kier molecular flexibility index (Phi) is 14.2. The van der Waals surface area contributed by atoms with Crippen LogP contribution in [-0.4, -0.2) is 60.9 Å². The van der Waals surface area contributed by atoms with Crippen LogP contribution in [-0.2, 0) is 56.9 Å². The zero-order valence-corrected chi connectivity index (χ0v) is 38.2. The Bertz CT molecular complexity index is 1550. The average Bonchev–Trinajstić information content (AvgIpc) is 2.96. The highest BCUT2D eigenvalue weighted by molar-refractivity contribution is 5.92. The standard InChI is InChI=1S/C47H78O7/c1-28-30(41(3,4)5)34(32(43(9,10)11)36(38(28)49)45(15,16)17)47(21,40(51)54-27-26-53-25-24-52-23-22-48)35-31(42(6,7)8)29(2)39(50)37(46(18,19)20)33(35)44(12,13)14/h48-50H,22-27H2,1-21H3. The van der Waals surface area contributed by atoms with Gasteiger partial charge in [0, 0.05) is 11.1 Å². The molecule has 0 fully saturated rings. The second-order valence-corrected chi connectivity index (χ2v) is 21.7. The van der Waals surface area contributed by atoms with Crippen molar-refractivity contribution in [2.24, 2.45) is 0 Å². The van der Waals surface area contributed by atoms with E-state index in [2.05, 4.69) is 125 Å². The second kappa shape index (κ2) is 16.1. The van der Waals surface area contributed by atoms with Gasteiger partial charge in [-0.05, 0) is 97.8 Å². The molecule has 0 aliphatic carbocycles. The number of carbonyl (C=O) groups is 1. The molecule has 2 rings (SSSR count). The third kappa shape index (κ3) is 9.66. The quantitative estimate of drug-likeness (QED) is 0.155. The van der Waals surface area contributed by atoms with Gasteiger partial charge >= 0.3 is 5.97 Å². The van der Waals surface area contributed by atoms with Crippen LogP contribution in [0.1, 0.15) is 187 Å². The highest BCUT2D eigenvalue weighted by atomic mass is 16.6. The van der Waals surface area contributed by atoms with Crippen molar-refractivity contribution in [2.45, 2.75) is 183 Å². The van der Waals surface area contributed by atoms with Crippen LogP contribution in [0, 0.1) is 13.8 Å². The molecule has 308 valence electrons. The minimum Gasteiger partial charge on any atom is -0.507 e. The Morgan fingerprint density at radius 2 is 0.704 bits per heavy atom. The number of phenolic OH excluding ortho intramolecular Hbond substituents is 2. The van der Waals surface area contributed by atoms with Crippen LogP contribution in [0.25, 0.3) is 0 Å². The smallest absolute Gasteiger partial charge is 0.320 e. The minimum absolute atomic E-state index is 0.0201. The van der Waals surface area contributed by atoms with Crippen LogP contribution in [0.3, 0.4) is 0 Å². The Morgan fingerprint density at radius 1 is 0.426 bits per heavy atom. The molecule has 7 heteroatoms. The van der Waals surface area contributed by atoms with Gasteiger partial charge in [-0.15, -0.1) is 0 Å². The molecule has 3 N–H and O–H groups in total. The lowest BCUT2D eigenvalue weighted by Gasteiger charge is -2.47. The van der Waals surface area contributed by atoms with E-state index in [-0.39, 0.29) is 37.9 Å². The number of rotatable bonds is 11. The van der Waals surface area contributed by atoms with Gasteiger partial charge in [0.25, 0.3) is 0 Å². The third-order valence-corrected chi connectivity index (χ3v) is 10.4. The van der Waals surface area contributed by atoms with E-state index in [1.165, 1.54) is 0 Å². The molecule has 0 spiro atoms. The summed E-state index contributed by atoms with van der Waals surface area (Å²) in [5.74, 6) is 0.112. The number of ether oxygens (including phenoxy) is 3. The first-order valence-electron chi connectivity index (χ1n) is 19.9.